The van der Waals surface area contributed by atoms with Crippen LogP contribution in [-0.4, -0.2) is 21.9 Å². The molecule has 0 radical (unpaired) electrons. The predicted octanol–water partition coefficient (Wildman–Crippen LogP) is 3.88. The smallest absolute Gasteiger partial charge is 0.236 e. The Morgan fingerprint density at radius 2 is 1.92 bits per heavy atom. The quantitative estimate of drug-likeness (QED) is 0.563. The molecular weight excluding hydrogens is 324 g/mol. The summed E-state index contributed by atoms with van der Waals surface area (Å²) < 4.78 is 1.85. The second kappa shape index (κ2) is 7.78. The average molecular weight is 346 g/mol. The summed E-state index contributed by atoms with van der Waals surface area (Å²) in [7, 11) is 0. The van der Waals surface area contributed by atoms with E-state index in [0.717, 1.165) is 34.5 Å². The number of rotatable bonds is 5. The summed E-state index contributed by atoms with van der Waals surface area (Å²) in [5.41, 5.74) is 8.54. The van der Waals surface area contributed by atoms with Gasteiger partial charge in [0.05, 0.1) is 11.9 Å². The van der Waals surface area contributed by atoms with Crippen LogP contribution in [0.5, 0.6) is 0 Å². The van der Waals surface area contributed by atoms with E-state index in [0.29, 0.717) is 0 Å². The molecule has 26 heavy (non-hydrogen) atoms. The van der Waals surface area contributed by atoms with Gasteiger partial charge in [0.2, 0.25) is 5.91 Å². The molecule has 5 heteroatoms. The minimum absolute atomic E-state index is 0.207. The fourth-order valence-corrected chi connectivity index (χ4v) is 2.74. The predicted molar refractivity (Wildman–Crippen MR) is 105 cm³/mol. The molecule has 3 rings (SSSR count). The van der Waals surface area contributed by atoms with Gasteiger partial charge >= 0.3 is 0 Å². The molecule has 5 nitrogen and oxygen atoms in total. The second-order valence-corrected chi connectivity index (χ2v) is 6.14. The molecule has 3 aromatic rings. The first-order valence-electron chi connectivity index (χ1n) is 8.63. The molecule has 0 aliphatic heterocycles. The van der Waals surface area contributed by atoms with Gasteiger partial charge in [-0.3, -0.25) is 4.79 Å². The Balaban J connectivity index is 2.06. The number of nitrogens with zero attached hydrogens (tertiary/aromatic N) is 3. The number of nitrogens with one attached hydrogen (secondary N) is 1. The summed E-state index contributed by atoms with van der Waals surface area (Å²) in [6, 6.07) is 16.4. The van der Waals surface area contributed by atoms with Crippen molar-refractivity contribution in [2.75, 3.05) is 0 Å². The molecule has 0 aliphatic rings. The van der Waals surface area contributed by atoms with Crippen LogP contribution in [-0.2, 0) is 11.2 Å². The molecule has 0 atom stereocenters. The summed E-state index contributed by atoms with van der Waals surface area (Å²) in [4.78, 5) is 11.1. The molecule has 1 N–H and O–H groups in total. The van der Waals surface area contributed by atoms with E-state index in [-0.39, 0.29) is 5.91 Å². The zero-order valence-corrected chi connectivity index (χ0v) is 15.2. The highest BCUT2D eigenvalue weighted by molar-refractivity contribution is 5.89. The van der Waals surface area contributed by atoms with Crippen molar-refractivity contribution in [1.82, 2.24) is 15.2 Å². The Labute approximate surface area is 153 Å². The highest BCUT2D eigenvalue weighted by Gasteiger charge is 2.12. The van der Waals surface area contributed by atoms with Crippen molar-refractivity contribution in [3.05, 3.63) is 71.4 Å². The molecule has 1 heterocycles. The molecular formula is C21H22N4O. The number of hydrazone groups is 1. The van der Waals surface area contributed by atoms with Gasteiger partial charge in [0.1, 0.15) is 5.69 Å². The van der Waals surface area contributed by atoms with Crippen LogP contribution in [0.2, 0.25) is 0 Å². The maximum atomic E-state index is 11.1. The largest absolute Gasteiger partial charge is 0.274 e. The van der Waals surface area contributed by atoms with Crippen molar-refractivity contribution in [2.45, 2.75) is 27.2 Å². The summed E-state index contributed by atoms with van der Waals surface area (Å²) in [5, 5.41) is 8.79. The molecule has 0 saturated heterocycles. The Morgan fingerprint density at radius 1 is 1.19 bits per heavy atom. The topological polar surface area (TPSA) is 59.3 Å². The fraction of sp³-hybridized carbons (Fsp3) is 0.190. The molecule has 0 aliphatic carbocycles. The molecule has 0 saturated carbocycles. The lowest BCUT2D eigenvalue weighted by Gasteiger charge is -2.05. The number of para-hydroxylation sites is 1. The summed E-state index contributed by atoms with van der Waals surface area (Å²) in [6.45, 7) is 5.61. The Bertz CT molecular complexity index is 939. The van der Waals surface area contributed by atoms with Crippen LogP contribution < -0.4 is 5.43 Å². The molecule has 0 fully saturated rings. The van der Waals surface area contributed by atoms with Crippen molar-refractivity contribution >= 4 is 12.1 Å². The third kappa shape index (κ3) is 3.88. The SMILES string of the molecule is CCc1ccc(-c2nn(-c3ccccc3C)cc2/C=N\NC(C)=O)cc1. The van der Waals surface area contributed by atoms with Crippen LogP contribution in [0.3, 0.4) is 0 Å². The molecule has 0 unspecified atom stereocenters. The van der Waals surface area contributed by atoms with E-state index in [9.17, 15) is 4.79 Å². The number of carbonyl (C=O) groups excluding carboxylic acids is 1. The lowest BCUT2D eigenvalue weighted by molar-refractivity contribution is -0.118. The van der Waals surface area contributed by atoms with Crippen LogP contribution in [0.15, 0.2) is 59.8 Å². The number of hydrogen-bond donors (Lipinski definition) is 1. The van der Waals surface area contributed by atoms with Gasteiger partial charge in [-0.2, -0.15) is 10.2 Å². The van der Waals surface area contributed by atoms with Gasteiger partial charge < -0.3 is 0 Å². The minimum atomic E-state index is -0.207. The first-order valence-corrected chi connectivity index (χ1v) is 8.63. The van der Waals surface area contributed by atoms with Crippen molar-refractivity contribution in [1.29, 1.82) is 0 Å². The van der Waals surface area contributed by atoms with E-state index in [1.54, 1.807) is 6.21 Å². The number of aromatic nitrogens is 2. The van der Waals surface area contributed by atoms with Crippen LogP contribution in [0.25, 0.3) is 16.9 Å². The summed E-state index contributed by atoms with van der Waals surface area (Å²) in [6.07, 6.45) is 4.55. The van der Waals surface area contributed by atoms with E-state index in [1.165, 1.54) is 12.5 Å². The number of hydrogen-bond acceptors (Lipinski definition) is 3. The van der Waals surface area contributed by atoms with Gasteiger partial charge in [-0.1, -0.05) is 49.4 Å². The van der Waals surface area contributed by atoms with Gasteiger partial charge in [-0.15, -0.1) is 0 Å². The number of aryl methyl sites for hydroxylation is 2. The van der Waals surface area contributed by atoms with Crippen LogP contribution >= 0.6 is 0 Å². The maximum Gasteiger partial charge on any atom is 0.236 e. The zero-order chi connectivity index (χ0) is 18.5. The first kappa shape index (κ1) is 17.6. The lowest BCUT2D eigenvalue weighted by Crippen LogP contribution is -2.12. The van der Waals surface area contributed by atoms with Crippen LogP contribution in [0.1, 0.15) is 30.5 Å². The van der Waals surface area contributed by atoms with Crippen molar-refractivity contribution in [3.8, 4) is 16.9 Å². The summed E-state index contributed by atoms with van der Waals surface area (Å²) >= 11 is 0. The molecule has 0 bridgehead atoms. The monoisotopic (exact) mass is 346 g/mol. The third-order valence-corrected chi connectivity index (χ3v) is 4.17. The number of benzene rings is 2. The average Bonchev–Trinajstić information content (AvgIpc) is 3.06. The van der Waals surface area contributed by atoms with Gasteiger partial charge in [0.25, 0.3) is 0 Å². The zero-order valence-electron chi connectivity index (χ0n) is 15.2. The van der Waals surface area contributed by atoms with Crippen molar-refractivity contribution in [3.63, 3.8) is 0 Å². The fourth-order valence-electron chi connectivity index (χ4n) is 2.74. The first-order chi connectivity index (χ1) is 12.6. The molecule has 0 spiro atoms. The van der Waals surface area contributed by atoms with Gasteiger partial charge in [-0.25, -0.2) is 10.1 Å². The number of carbonyl (C=O) groups is 1. The second-order valence-electron chi connectivity index (χ2n) is 6.14. The van der Waals surface area contributed by atoms with Crippen LogP contribution in [0, 0.1) is 6.92 Å². The molecule has 1 aromatic heterocycles. The molecule has 2 aromatic carbocycles. The number of amides is 1. The highest BCUT2D eigenvalue weighted by atomic mass is 16.2. The van der Waals surface area contributed by atoms with Crippen LogP contribution in [0.4, 0.5) is 0 Å². The molecule has 1 amide bonds. The lowest BCUT2D eigenvalue weighted by atomic mass is 10.1. The standard InChI is InChI=1S/C21H22N4O/c1-4-17-9-11-18(12-10-17)21-19(13-22-23-16(3)26)14-25(24-21)20-8-6-5-7-15(20)2/h5-14H,4H2,1-3H3,(H,23,26)/b22-13-. The van der Waals surface area contributed by atoms with Gasteiger partial charge in [0, 0.05) is 24.2 Å². The Kier molecular flexibility index (Phi) is 5.27. The normalized spacial score (nSPS) is 11.0. The van der Waals surface area contributed by atoms with Crippen molar-refractivity contribution in [2.24, 2.45) is 5.10 Å². The van der Waals surface area contributed by atoms with E-state index < -0.39 is 0 Å². The van der Waals surface area contributed by atoms with E-state index >= 15 is 0 Å². The third-order valence-electron chi connectivity index (χ3n) is 4.17. The Hall–Kier alpha value is -3.21. The van der Waals surface area contributed by atoms with E-state index in [4.69, 9.17) is 5.10 Å². The minimum Gasteiger partial charge on any atom is -0.274 e. The molecule has 132 valence electrons. The van der Waals surface area contributed by atoms with Gasteiger partial charge in [-0.05, 0) is 30.5 Å². The van der Waals surface area contributed by atoms with Crippen molar-refractivity contribution < 1.29 is 4.79 Å². The highest BCUT2D eigenvalue weighted by Crippen LogP contribution is 2.24. The summed E-state index contributed by atoms with van der Waals surface area (Å²) in [5.74, 6) is -0.207. The Morgan fingerprint density at radius 3 is 2.58 bits per heavy atom. The maximum absolute atomic E-state index is 11.1. The van der Waals surface area contributed by atoms with Gasteiger partial charge in [0.15, 0.2) is 0 Å². The van der Waals surface area contributed by atoms with E-state index in [2.05, 4.69) is 54.7 Å². The van der Waals surface area contributed by atoms with E-state index in [1.807, 2.05) is 29.1 Å².